The highest BCUT2D eigenvalue weighted by molar-refractivity contribution is 8.00. The number of nitrogens with zero attached hydrogens (tertiary/aromatic N) is 1. The lowest BCUT2D eigenvalue weighted by molar-refractivity contribution is 0.0910. The molecule has 2 rings (SSSR count). The Kier molecular flexibility index (Phi) is 7.94. The molecule has 2 unspecified atom stereocenters. The summed E-state index contributed by atoms with van der Waals surface area (Å²) >= 11 is 2.02. The van der Waals surface area contributed by atoms with Crippen molar-refractivity contribution in [1.82, 2.24) is 4.90 Å². The van der Waals surface area contributed by atoms with E-state index in [1.807, 2.05) is 11.8 Å². The van der Waals surface area contributed by atoms with Crippen molar-refractivity contribution in [3.8, 4) is 0 Å². The van der Waals surface area contributed by atoms with Crippen molar-refractivity contribution in [3.63, 3.8) is 0 Å². The van der Waals surface area contributed by atoms with Gasteiger partial charge in [0.25, 0.3) is 0 Å². The largest absolute Gasteiger partial charge is 0.388 e. The van der Waals surface area contributed by atoms with Gasteiger partial charge in [0.15, 0.2) is 0 Å². The van der Waals surface area contributed by atoms with Crippen LogP contribution in [-0.2, 0) is 0 Å². The van der Waals surface area contributed by atoms with Crippen LogP contribution in [0, 0.1) is 5.92 Å². The maximum absolute atomic E-state index is 10.6. The lowest BCUT2D eigenvalue weighted by Gasteiger charge is -2.26. The Morgan fingerprint density at radius 2 is 1.70 bits per heavy atom. The molecule has 1 aliphatic carbocycles. The van der Waals surface area contributed by atoms with E-state index >= 15 is 0 Å². The third kappa shape index (κ3) is 5.81. The molecule has 0 saturated heterocycles. The highest BCUT2D eigenvalue weighted by atomic mass is 32.2. The highest BCUT2D eigenvalue weighted by Crippen LogP contribution is 2.34. The van der Waals surface area contributed by atoms with Gasteiger partial charge in [-0.05, 0) is 49.5 Å². The molecule has 23 heavy (non-hydrogen) atoms. The molecule has 2 atom stereocenters. The van der Waals surface area contributed by atoms with Gasteiger partial charge in [0, 0.05) is 16.7 Å². The molecule has 0 bridgehead atoms. The lowest BCUT2D eigenvalue weighted by Crippen LogP contribution is -2.30. The summed E-state index contributed by atoms with van der Waals surface area (Å²) in [7, 11) is 0. The van der Waals surface area contributed by atoms with Crippen molar-refractivity contribution in [1.29, 1.82) is 0 Å². The zero-order chi connectivity index (χ0) is 16.7. The molecule has 3 heteroatoms. The quantitative estimate of drug-likeness (QED) is 0.713. The molecule has 0 aromatic heterocycles. The van der Waals surface area contributed by atoms with Gasteiger partial charge in [-0.3, -0.25) is 0 Å². The molecule has 0 amide bonds. The van der Waals surface area contributed by atoms with Crippen LogP contribution in [0.3, 0.4) is 0 Å². The van der Waals surface area contributed by atoms with E-state index in [4.69, 9.17) is 0 Å². The van der Waals surface area contributed by atoms with Crippen molar-refractivity contribution in [2.45, 2.75) is 69.1 Å². The van der Waals surface area contributed by atoms with E-state index in [2.05, 4.69) is 49.9 Å². The van der Waals surface area contributed by atoms with Crippen molar-refractivity contribution in [2.75, 3.05) is 19.6 Å². The summed E-state index contributed by atoms with van der Waals surface area (Å²) in [5, 5.41) is 11.4. The maximum atomic E-state index is 10.6. The number of benzene rings is 1. The number of aliphatic hydroxyl groups is 1. The highest BCUT2D eigenvalue weighted by Gasteiger charge is 2.19. The van der Waals surface area contributed by atoms with Crippen LogP contribution in [0.1, 0.15) is 64.5 Å². The zero-order valence-corrected chi connectivity index (χ0v) is 15.8. The first-order valence-electron chi connectivity index (χ1n) is 9.31. The zero-order valence-electron chi connectivity index (χ0n) is 15.0. The Morgan fingerprint density at radius 3 is 2.26 bits per heavy atom. The van der Waals surface area contributed by atoms with Crippen LogP contribution in [0.25, 0.3) is 0 Å². The fourth-order valence-electron chi connectivity index (χ4n) is 3.44. The predicted octanol–water partition coefficient (Wildman–Crippen LogP) is 5.12. The van der Waals surface area contributed by atoms with Gasteiger partial charge in [-0.15, -0.1) is 11.8 Å². The summed E-state index contributed by atoms with van der Waals surface area (Å²) in [4.78, 5) is 3.73. The Bertz CT molecular complexity index is 437. The third-order valence-corrected chi connectivity index (χ3v) is 6.41. The van der Waals surface area contributed by atoms with Gasteiger partial charge in [-0.25, -0.2) is 0 Å². The standard InChI is InChI=1S/C20H33NOS/c1-4-21(5-2)15-16(3)20(22)17-11-13-19(14-12-17)23-18-9-7-6-8-10-18/h11-14,16,18,20,22H,4-10,15H2,1-3H3. The van der Waals surface area contributed by atoms with Gasteiger partial charge in [0.2, 0.25) is 0 Å². The molecule has 1 aliphatic rings. The molecule has 1 N–H and O–H groups in total. The average molecular weight is 336 g/mol. The van der Waals surface area contributed by atoms with E-state index in [0.29, 0.717) is 0 Å². The summed E-state index contributed by atoms with van der Waals surface area (Å²) in [6.45, 7) is 9.55. The first kappa shape index (κ1) is 18.8. The number of rotatable bonds is 8. The van der Waals surface area contributed by atoms with E-state index in [1.165, 1.54) is 37.0 Å². The van der Waals surface area contributed by atoms with Gasteiger partial charge < -0.3 is 10.0 Å². The number of hydrogen-bond acceptors (Lipinski definition) is 3. The van der Waals surface area contributed by atoms with E-state index in [-0.39, 0.29) is 12.0 Å². The van der Waals surface area contributed by atoms with Crippen molar-refractivity contribution >= 4 is 11.8 Å². The maximum Gasteiger partial charge on any atom is 0.0827 e. The minimum Gasteiger partial charge on any atom is -0.388 e. The molecule has 0 heterocycles. The molecule has 2 nitrogen and oxygen atoms in total. The Morgan fingerprint density at radius 1 is 1.09 bits per heavy atom. The second-order valence-corrected chi connectivity index (χ2v) is 8.23. The second kappa shape index (κ2) is 9.71. The second-order valence-electron chi connectivity index (χ2n) is 6.85. The van der Waals surface area contributed by atoms with Crippen LogP contribution in [0.5, 0.6) is 0 Å². The minimum absolute atomic E-state index is 0.256. The van der Waals surface area contributed by atoms with Crippen LogP contribution < -0.4 is 0 Å². The summed E-state index contributed by atoms with van der Waals surface area (Å²) in [6, 6.07) is 8.63. The summed E-state index contributed by atoms with van der Waals surface area (Å²) < 4.78 is 0. The van der Waals surface area contributed by atoms with Crippen LogP contribution in [0.4, 0.5) is 0 Å². The molecule has 1 aromatic carbocycles. The first-order chi connectivity index (χ1) is 11.1. The SMILES string of the molecule is CCN(CC)CC(C)C(O)c1ccc(SC2CCCCC2)cc1. The van der Waals surface area contributed by atoms with E-state index in [1.54, 1.807) is 0 Å². The van der Waals surface area contributed by atoms with Gasteiger partial charge >= 0.3 is 0 Å². The minimum atomic E-state index is -0.371. The molecular weight excluding hydrogens is 302 g/mol. The molecule has 130 valence electrons. The molecule has 1 fully saturated rings. The lowest BCUT2D eigenvalue weighted by atomic mass is 9.97. The summed E-state index contributed by atoms with van der Waals surface area (Å²) in [5.74, 6) is 0.256. The average Bonchev–Trinajstić information content (AvgIpc) is 2.60. The third-order valence-electron chi connectivity index (χ3n) is 5.06. The normalized spacial score (nSPS) is 19.0. The fourth-order valence-corrected chi connectivity index (χ4v) is 4.68. The number of hydrogen-bond donors (Lipinski definition) is 1. The van der Waals surface area contributed by atoms with Crippen LogP contribution >= 0.6 is 11.8 Å². The van der Waals surface area contributed by atoms with E-state index in [9.17, 15) is 5.11 Å². The molecule has 0 radical (unpaired) electrons. The number of thioether (sulfide) groups is 1. The smallest absolute Gasteiger partial charge is 0.0827 e. The van der Waals surface area contributed by atoms with Gasteiger partial charge in [0.05, 0.1) is 6.10 Å². The predicted molar refractivity (Wildman–Crippen MR) is 101 cm³/mol. The number of aliphatic hydroxyl groups excluding tert-OH is 1. The first-order valence-corrected chi connectivity index (χ1v) is 10.2. The molecule has 0 aliphatic heterocycles. The van der Waals surface area contributed by atoms with Crippen LogP contribution in [-0.4, -0.2) is 34.9 Å². The molecule has 1 aromatic rings. The fraction of sp³-hybridized carbons (Fsp3) is 0.700. The van der Waals surface area contributed by atoms with Gasteiger partial charge in [-0.1, -0.05) is 52.2 Å². The Hall–Kier alpha value is -0.510. The van der Waals surface area contributed by atoms with Gasteiger partial charge in [-0.2, -0.15) is 0 Å². The van der Waals surface area contributed by atoms with E-state index in [0.717, 1.165) is 30.4 Å². The Labute approximate surface area is 146 Å². The van der Waals surface area contributed by atoms with Crippen molar-refractivity contribution in [3.05, 3.63) is 29.8 Å². The summed E-state index contributed by atoms with van der Waals surface area (Å²) in [5.41, 5.74) is 1.05. The van der Waals surface area contributed by atoms with Crippen molar-refractivity contribution < 1.29 is 5.11 Å². The molecule has 0 spiro atoms. The molecular formula is C20H33NOS. The van der Waals surface area contributed by atoms with Crippen LogP contribution in [0.2, 0.25) is 0 Å². The van der Waals surface area contributed by atoms with Crippen molar-refractivity contribution in [2.24, 2.45) is 5.92 Å². The van der Waals surface area contributed by atoms with E-state index < -0.39 is 0 Å². The van der Waals surface area contributed by atoms with Crippen LogP contribution in [0.15, 0.2) is 29.2 Å². The summed E-state index contributed by atoms with van der Waals surface area (Å²) in [6.07, 6.45) is 6.53. The topological polar surface area (TPSA) is 23.5 Å². The van der Waals surface area contributed by atoms with Gasteiger partial charge in [0.1, 0.15) is 0 Å². The Balaban J connectivity index is 1.89. The monoisotopic (exact) mass is 335 g/mol. The molecule has 1 saturated carbocycles.